The van der Waals surface area contributed by atoms with E-state index >= 15 is 0 Å². The van der Waals surface area contributed by atoms with E-state index in [1.807, 2.05) is 0 Å². The van der Waals surface area contributed by atoms with E-state index in [-0.39, 0.29) is 11.9 Å². The van der Waals surface area contributed by atoms with Gasteiger partial charge in [0.05, 0.1) is 5.57 Å². The molecule has 1 amide bonds. The van der Waals surface area contributed by atoms with E-state index in [1.165, 1.54) is 18.5 Å². The van der Waals surface area contributed by atoms with Crippen molar-refractivity contribution in [2.24, 2.45) is 0 Å². The van der Waals surface area contributed by atoms with Crippen molar-refractivity contribution in [3.8, 4) is 5.75 Å². The minimum atomic E-state index is -4.77. The molecular formula is C21H20F3N5O2. The molecule has 0 saturated carbocycles. The second kappa shape index (κ2) is 8.76. The molecule has 0 aliphatic carbocycles. The van der Waals surface area contributed by atoms with Crippen LogP contribution in [0.5, 0.6) is 5.75 Å². The molecule has 2 aromatic rings. The molecule has 3 heterocycles. The Kier molecular flexibility index (Phi) is 5.90. The first-order valence-electron chi connectivity index (χ1n) is 9.73. The maximum absolute atomic E-state index is 12.8. The van der Waals surface area contributed by atoms with E-state index in [9.17, 15) is 18.0 Å². The van der Waals surface area contributed by atoms with Crippen LogP contribution >= 0.6 is 0 Å². The Balaban J connectivity index is 1.51. The van der Waals surface area contributed by atoms with E-state index in [0.717, 1.165) is 49.2 Å². The largest absolute Gasteiger partial charge is 0.573 e. The van der Waals surface area contributed by atoms with Crippen LogP contribution in [0.1, 0.15) is 18.4 Å². The highest BCUT2D eigenvalue weighted by atomic mass is 19.4. The first kappa shape index (κ1) is 20.9. The second-order valence-electron chi connectivity index (χ2n) is 7.17. The van der Waals surface area contributed by atoms with Crippen LogP contribution in [0.4, 0.5) is 18.9 Å². The molecule has 1 fully saturated rings. The van der Waals surface area contributed by atoms with Gasteiger partial charge in [-0.1, -0.05) is 0 Å². The van der Waals surface area contributed by atoms with Crippen molar-refractivity contribution >= 4 is 17.2 Å². The zero-order valence-electron chi connectivity index (χ0n) is 16.4. The molecule has 1 atom stereocenters. The van der Waals surface area contributed by atoms with E-state index in [1.54, 1.807) is 24.7 Å². The third kappa shape index (κ3) is 5.21. The first-order chi connectivity index (χ1) is 14.9. The number of likely N-dealkylation sites (tertiary alicyclic amines) is 1. The Morgan fingerprint density at radius 3 is 2.45 bits per heavy atom. The van der Waals surface area contributed by atoms with Gasteiger partial charge in [0.15, 0.2) is 0 Å². The maximum atomic E-state index is 12.8. The number of rotatable bonds is 5. The monoisotopic (exact) mass is 431 g/mol. The number of nitrogens with one attached hydrogen (secondary N) is 2. The van der Waals surface area contributed by atoms with Crippen molar-refractivity contribution in [2.75, 3.05) is 18.4 Å². The zero-order valence-corrected chi connectivity index (χ0v) is 16.4. The molecule has 0 bridgehead atoms. The van der Waals surface area contributed by atoms with Crippen molar-refractivity contribution < 1.29 is 22.7 Å². The van der Waals surface area contributed by atoms with Crippen LogP contribution in [0.3, 0.4) is 0 Å². The number of carbonyl (C=O) groups is 1. The highest BCUT2D eigenvalue weighted by molar-refractivity contribution is 6.07. The maximum Gasteiger partial charge on any atom is 0.573 e. The number of hydrogen-bond acceptors (Lipinski definition) is 6. The Labute approximate surface area is 176 Å². The summed E-state index contributed by atoms with van der Waals surface area (Å²) in [6.45, 7) is 1.90. The van der Waals surface area contributed by atoms with Gasteiger partial charge in [-0.25, -0.2) is 9.97 Å². The zero-order chi connectivity index (χ0) is 21.8. The fraction of sp³-hybridized carbons (Fsp3) is 0.286. The number of halogens is 3. The summed E-state index contributed by atoms with van der Waals surface area (Å²) >= 11 is 0. The number of ether oxygens (including phenoxy) is 1. The van der Waals surface area contributed by atoms with Crippen LogP contribution in [-0.2, 0) is 4.79 Å². The van der Waals surface area contributed by atoms with Crippen molar-refractivity contribution in [3.05, 3.63) is 66.4 Å². The summed E-state index contributed by atoms with van der Waals surface area (Å²) in [7, 11) is 0. The highest BCUT2D eigenvalue weighted by Crippen LogP contribution is 2.28. The lowest BCUT2D eigenvalue weighted by Gasteiger charge is -2.32. The van der Waals surface area contributed by atoms with E-state index in [2.05, 4.69) is 30.2 Å². The molecular weight excluding hydrogens is 411 g/mol. The van der Waals surface area contributed by atoms with Gasteiger partial charge in [0.2, 0.25) is 0 Å². The van der Waals surface area contributed by atoms with Gasteiger partial charge in [-0.2, -0.15) is 0 Å². The normalized spacial score (nSPS) is 19.3. The van der Waals surface area contributed by atoms with Crippen molar-refractivity contribution in [3.63, 3.8) is 0 Å². The van der Waals surface area contributed by atoms with Crippen LogP contribution in [0, 0.1) is 0 Å². The highest BCUT2D eigenvalue weighted by Gasteiger charge is 2.31. The molecule has 1 aromatic heterocycles. The number of aromatic nitrogens is 2. The molecule has 1 saturated heterocycles. The topological polar surface area (TPSA) is 79.4 Å². The summed E-state index contributed by atoms with van der Waals surface area (Å²) in [4.78, 5) is 23.2. The standard InChI is InChI=1S/C21H20F3N5O2/c22-21(23,24)31-17-5-3-16(4-6-17)28-20(30)14-9-18(15-10-25-13-26-11-15)19(27-12-14)29-7-1-2-8-29/h3-6,9-13,19,27H,1-2,7-8H2,(H,28,30). The SMILES string of the molecule is O=C(Nc1ccc(OC(F)(F)F)cc1)C1=CNC(N2CCCC2)C(c2cncnc2)=C1. The molecule has 0 radical (unpaired) electrons. The van der Waals surface area contributed by atoms with E-state index in [4.69, 9.17) is 0 Å². The lowest BCUT2D eigenvalue weighted by molar-refractivity contribution is -0.274. The summed E-state index contributed by atoms with van der Waals surface area (Å²) < 4.78 is 40.7. The third-order valence-corrected chi connectivity index (χ3v) is 5.01. The number of anilines is 1. The number of hydrogen-bond donors (Lipinski definition) is 2. The number of carbonyl (C=O) groups excluding carboxylic acids is 1. The molecule has 2 N–H and O–H groups in total. The molecule has 1 aromatic carbocycles. The van der Waals surface area contributed by atoms with E-state index in [0.29, 0.717) is 11.3 Å². The smallest absolute Gasteiger partial charge is 0.406 e. The summed E-state index contributed by atoms with van der Waals surface area (Å²) in [5.41, 5.74) is 2.41. The van der Waals surface area contributed by atoms with Crippen molar-refractivity contribution in [1.29, 1.82) is 0 Å². The molecule has 162 valence electrons. The molecule has 2 aliphatic rings. The lowest BCUT2D eigenvalue weighted by atomic mass is 9.99. The molecule has 1 unspecified atom stereocenters. The number of nitrogens with zero attached hydrogens (tertiary/aromatic N) is 3. The summed E-state index contributed by atoms with van der Waals surface area (Å²) in [5.74, 6) is -0.755. The number of alkyl halides is 3. The number of benzene rings is 1. The minimum absolute atomic E-state index is 0.0937. The lowest BCUT2D eigenvalue weighted by Crippen LogP contribution is -2.44. The van der Waals surface area contributed by atoms with Gasteiger partial charge in [0.25, 0.3) is 5.91 Å². The Hall–Kier alpha value is -3.40. The van der Waals surface area contributed by atoms with Gasteiger partial charge in [0.1, 0.15) is 18.2 Å². The van der Waals surface area contributed by atoms with Crippen LogP contribution in [-0.4, -0.2) is 46.4 Å². The summed E-state index contributed by atoms with van der Waals surface area (Å²) in [6.07, 6.45) is 5.64. The van der Waals surface area contributed by atoms with Crippen molar-refractivity contribution in [1.82, 2.24) is 20.2 Å². The van der Waals surface area contributed by atoms with Gasteiger partial charge < -0.3 is 15.4 Å². The van der Waals surface area contributed by atoms with Crippen molar-refractivity contribution in [2.45, 2.75) is 25.4 Å². The third-order valence-electron chi connectivity index (χ3n) is 5.01. The average Bonchev–Trinajstić information content (AvgIpc) is 3.29. The second-order valence-corrected chi connectivity index (χ2v) is 7.17. The van der Waals surface area contributed by atoms with Gasteiger partial charge in [0, 0.05) is 48.5 Å². The van der Waals surface area contributed by atoms with Crippen LogP contribution in [0.25, 0.3) is 5.57 Å². The molecule has 4 rings (SSSR count). The quantitative estimate of drug-likeness (QED) is 0.756. The van der Waals surface area contributed by atoms with Gasteiger partial charge in [-0.15, -0.1) is 13.2 Å². The van der Waals surface area contributed by atoms with Gasteiger partial charge in [-0.3, -0.25) is 9.69 Å². The van der Waals surface area contributed by atoms with Gasteiger partial charge in [-0.05, 0) is 43.2 Å². The predicted octanol–water partition coefficient (Wildman–Crippen LogP) is 3.31. The average molecular weight is 431 g/mol. The number of dihydropyridines is 1. The molecule has 0 spiro atoms. The molecule has 10 heteroatoms. The fourth-order valence-electron chi connectivity index (χ4n) is 3.61. The Morgan fingerprint density at radius 1 is 1.13 bits per heavy atom. The minimum Gasteiger partial charge on any atom is -0.406 e. The molecule has 31 heavy (non-hydrogen) atoms. The molecule has 2 aliphatic heterocycles. The van der Waals surface area contributed by atoms with Crippen LogP contribution < -0.4 is 15.4 Å². The first-order valence-corrected chi connectivity index (χ1v) is 9.73. The summed E-state index contributed by atoms with van der Waals surface area (Å²) in [5, 5.41) is 5.98. The Bertz CT molecular complexity index is 984. The predicted molar refractivity (Wildman–Crippen MR) is 108 cm³/mol. The van der Waals surface area contributed by atoms with Crippen LogP contribution in [0.15, 0.2) is 60.8 Å². The van der Waals surface area contributed by atoms with E-state index < -0.39 is 12.3 Å². The Morgan fingerprint density at radius 2 is 1.81 bits per heavy atom. The molecule has 7 nitrogen and oxygen atoms in total. The number of amides is 1. The van der Waals surface area contributed by atoms with Gasteiger partial charge >= 0.3 is 6.36 Å². The fourth-order valence-corrected chi connectivity index (χ4v) is 3.61. The summed E-state index contributed by atoms with van der Waals surface area (Å²) in [6, 6.07) is 4.97. The van der Waals surface area contributed by atoms with Crippen LogP contribution in [0.2, 0.25) is 0 Å².